The summed E-state index contributed by atoms with van der Waals surface area (Å²) in [6, 6.07) is 7.35. The Morgan fingerprint density at radius 1 is 0.738 bits per heavy atom. The van der Waals surface area contributed by atoms with Gasteiger partial charge in [-0.05, 0) is 25.5 Å². The number of unbranched alkanes of at least 4 members (excludes halogenated alkanes) is 15. The van der Waals surface area contributed by atoms with Gasteiger partial charge in [0.2, 0.25) is 0 Å². The van der Waals surface area contributed by atoms with Crippen molar-refractivity contribution in [2.24, 2.45) is 0 Å². The molecule has 1 aliphatic heterocycles. The van der Waals surface area contributed by atoms with Gasteiger partial charge in [0.1, 0.15) is 6.61 Å². The lowest BCUT2D eigenvalue weighted by atomic mass is 10.0. The van der Waals surface area contributed by atoms with Crippen LogP contribution in [0.4, 0.5) is 4.79 Å². The van der Waals surface area contributed by atoms with E-state index < -0.39 is 6.09 Å². The summed E-state index contributed by atoms with van der Waals surface area (Å²) in [4.78, 5) is 27.2. The molecule has 1 aromatic carbocycles. The maximum atomic E-state index is 12.8. The van der Waals surface area contributed by atoms with E-state index in [1.807, 2.05) is 18.2 Å². The first-order valence-corrected chi connectivity index (χ1v) is 16.8. The Morgan fingerprint density at radius 3 is 1.86 bits per heavy atom. The van der Waals surface area contributed by atoms with E-state index in [0.29, 0.717) is 18.7 Å². The third kappa shape index (κ3) is 19.4. The van der Waals surface area contributed by atoms with Crippen molar-refractivity contribution in [2.45, 2.75) is 123 Å². The minimum Gasteiger partial charge on any atom is -0.445 e. The van der Waals surface area contributed by atoms with Gasteiger partial charge in [-0.3, -0.25) is 9.69 Å². The summed E-state index contributed by atoms with van der Waals surface area (Å²) in [6.45, 7) is 7.99. The number of alkyl carbamates (subject to hydrolysis) is 1. The predicted octanol–water partition coefficient (Wildman–Crippen LogP) is 8.05. The highest BCUT2D eigenvalue weighted by molar-refractivity contribution is 5.95. The van der Waals surface area contributed by atoms with Crippen LogP contribution in [0.25, 0.3) is 0 Å². The van der Waals surface area contributed by atoms with Crippen molar-refractivity contribution >= 4 is 24.4 Å². The topological polar surface area (TPSA) is 79.9 Å². The highest BCUT2D eigenvalue weighted by Crippen LogP contribution is 2.14. The number of nitrogens with zero attached hydrogens (tertiary/aromatic N) is 1. The molecule has 2 amide bonds. The fourth-order valence-electron chi connectivity index (χ4n) is 5.35. The van der Waals surface area contributed by atoms with Crippen LogP contribution in [0, 0.1) is 0 Å². The van der Waals surface area contributed by atoms with Crippen molar-refractivity contribution < 1.29 is 19.1 Å². The highest BCUT2D eigenvalue weighted by atomic mass is 35.5. The van der Waals surface area contributed by atoms with Gasteiger partial charge in [0.15, 0.2) is 0 Å². The summed E-state index contributed by atoms with van der Waals surface area (Å²) in [5.41, 5.74) is 1.30. The number of carbonyl (C=O) groups excluding carboxylic acids is 2. The number of nitrogens with one attached hydrogen (secondary N) is 2. The molecule has 0 aromatic heterocycles. The van der Waals surface area contributed by atoms with Gasteiger partial charge in [-0.25, -0.2) is 4.79 Å². The second-order valence-electron chi connectivity index (χ2n) is 11.5. The van der Waals surface area contributed by atoms with Gasteiger partial charge < -0.3 is 20.1 Å². The molecule has 2 rings (SSSR count). The van der Waals surface area contributed by atoms with Crippen molar-refractivity contribution in [3.05, 3.63) is 35.4 Å². The molecule has 7 nitrogen and oxygen atoms in total. The number of hydrogen-bond acceptors (Lipinski definition) is 5. The van der Waals surface area contributed by atoms with Crippen LogP contribution < -0.4 is 10.6 Å². The Hall–Kier alpha value is -1.83. The number of halogens is 1. The molecule has 1 saturated heterocycles. The Balaban J connectivity index is 0.00000882. The molecule has 0 spiro atoms. The summed E-state index contributed by atoms with van der Waals surface area (Å²) >= 11 is 0. The lowest BCUT2D eigenvalue weighted by Gasteiger charge is -2.26. The second-order valence-corrected chi connectivity index (χ2v) is 11.5. The molecule has 0 saturated carbocycles. The number of benzene rings is 1. The van der Waals surface area contributed by atoms with Crippen LogP contribution in [-0.4, -0.2) is 62.8 Å². The molecule has 0 atom stereocenters. The maximum Gasteiger partial charge on any atom is 0.407 e. The first-order chi connectivity index (χ1) is 20.2. The molecule has 1 fully saturated rings. The SMILES string of the molecule is CCCCCCCCCCCCCCCCCCNC(=O)c1ccccc1COC(=O)NCCCN1CCOCC1.Cl. The number of amides is 2. The third-order valence-electron chi connectivity index (χ3n) is 7.96. The van der Waals surface area contributed by atoms with E-state index in [0.717, 1.165) is 57.7 Å². The zero-order chi connectivity index (χ0) is 29.2. The normalized spacial score (nSPS) is 13.4. The molecule has 1 heterocycles. The van der Waals surface area contributed by atoms with E-state index in [4.69, 9.17) is 9.47 Å². The first-order valence-electron chi connectivity index (χ1n) is 16.8. The summed E-state index contributed by atoms with van der Waals surface area (Å²) in [5.74, 6) is -0.101. The number of rotatable bonds is 24. The van der Waals surface area contributed by atoms with E-state index >= 15 is 0 Å². The molecule has 0 bridgehead atoms. The van der Waals surface area contributed by atoms with Crippen LogP contribution in [0.5, 0.6) is 0 Å². The largest absolute Gasteiger partial charge is 0.445 e. The molecule has 1 aliphatic rings. The highest BCUT2D eigenvalue weighted by Gasteiger charge is 2.13. The molecule has 0 aliphatic carbocycles. The van der Waals surface area contributed by atoms with Crippen molar-refractivity contribution in [2.75, 3.05) is 45.9 Å². The number of hydrogen-bond donors (Lipinski definition) is 2. The second kappa shape index (κ2) is 26.8. The monoisotopic (exact) mass is 609 g/mol. The molecule has 242 valence electrons. The average molecular weight is 610 g/mol. The summed E-state index contributed by atoms with van der Waals surface area (Å²) in [6.07, 6.45) is 21.8. The molecular weight excluding hydrogens is 550 g/mol. The van der Waals surface area contributed by atoms with Crippen LogP contribution in [0.15, 0.2) is 24.3 Å². The zero-order valence-corrected chi connectivity index (χ0v) is 27.3. The fraction of sp³-hybridized carbons (Fsp3) is 0.765. The van der Waals surface area contributed by atoms with Crippen LogP contribution in [0.1, 0.15) is 132 Å². The Labute approximate surface area is 262 Å². The van der Waals surface area contributed by atoms with Crippen LogP contribution >= 0.6 is 12.4 Å². The lowest BCUT2D eigenvalue weighted by molar-refractivity contribution is 0.0374. The Bertz CT molecular complexity index is 805. The fourth-order valence-corrected chi connectivity index (χ4v) is 5.35. The van der Waals surface area contributed by atoms with Gasteiger partial charge in [0.05, 0.1) is 13.2 Å². The summed E-state index contributed by atoms with van der Waals surface area (Å²) < 4.78 is 10.7. The van der Waals surface area contributed by atoms with Gasteiger partial charge in [0.25, 0.3) is 5.91 Å². The molecule has 1 aromatic rings. The first kappa shape index (κ1) is 38.2. The number of morpholine rings is 1. The van der Waals surface area contributed by atoms with Gasteiger partial charge >= 0.3 is 6.09 Å². The van der Waals surface area contributed by atoms with Crippen molar-refractivity contribution in [1.82, 2.24) is 15.5 Å². The summed E-state index contributed by atoms with van der Waals surface area (Å²) in [7, 11) is 0. The van der Waals surface area contributed by atoms with E-state index in [1.54, 1.807) is 6.07 Å². The maximum absolute atomic E-state index is 12.8. The minimum atomic E-state index is -0.449. The van der Waals surface area contributed by atoms with Gasteiger partial charge in [-0.2, -0.15) is 0 Å². The molecular formula is C34H60ClN3O4. The standard InChI is InChI=1S/C34H59N3O4.ClH/c1-2-3-4-5-6-7-8-9-10-11-12-13-14-15-16-19-23-35-33(38)32-22-18-17-21-31(32)30-41-34(39)36-24-20-25-37-26-28-40-29-27-37;/h17-18,21-22H,2-16,19-20,23-30H2,1H3,(H,35,38)(H,36,39);1H. The number of ether oxygens (including phenoxy) is 2. The lowest BCUT2D eigenvalue weighted by Crippen LogP contribution is -2.38. The zero-order valence-electron chi connectivity index (χ0n) is 26.5. The van der Waals surface area contributed by atoms with Crippen LogP contribution in [-0.2, 0) is 16.1 Å². The third-order valence-corrected chi connectivity index (χ3v) is 7.96. The van der Waals surface area contributed by atoms with Crippen molar-refractivity contribution in [1.29, 1.82) is 0 Å². The molecule has 0 radical (unpaired) electrons. The van der Waals surface area contributed by atoms with E-state index in [1.165, 1.54) is 89.9 Å². The number of carbonyl (C=O) groups is 2. The molecule has 2 N–H and O–H groups in total. The van der Waals surface area contributed by atoms with Crippen molar-refractivity contribution in [3.8, 4) is 0 Å². The Morgan fingerprint density at radius 2 is 1.26 bits per heavy atom. The van der Waals surface area contributed by atoms with Gasteiger partial charge in [0, 0.05) is 37.3 Å². The van der Waals surface area contributed by atoms with Gasteiger partial charge in [-0.15, -0.1) is 12.4 Å². The average Bonchev–Trinajstić information content (AvgIpc) is 3.00. The predicted molar refractivity (Wildman–Crippen MR) is 176 cm³/mol. The summed E-state index contributed by atoms with van der Waals surface area (Å²) in [5, 5.41) is 5.85. The van der Waals surface area contributed by atoms with Gasteiger partial charge in [-0.1, -0.05) is 121 Å². The Kier molecular flexibility index (Phi) is 24.3. The molecule has 42 heavy (non-hydrogen) atoms. The smallest absolute Gasteiger partial charge is 0.407 e. The van der Waals surface area contributed by atoms with E-state index in [2.05, 4.69) is 22.5 Å². The molecule has 0 unspecified atom stereocenters. The van der Waals surface area contributed by atoms with Crippen molar-refractivity contribution in [3.63, 3.8) is 0 Å². The van der Waals surface area contributed by atoms with E-state index in [-0.39, 0.29) is 24.9 Å². The molecule has 8 heteroatoms. The quantitative estimate of drug-likeness (QED) is 0.116. The van der Waals surface area contributed by atoms with E-state index in [9.17, 15) is 9.59 Å². The van der Waals surface area contributed by atoms with Crippen LogP contribution in [0.3, 0.4) is 0 Å². The van der Waals surface area contributed by atoms with Crippen LogP contribution in [0.2, 0.25) is 0 Å². The minimum absolute atomic E-state index is 0.